The summed E-state index contributed by atoms with van der Waals surface area (Å²) in [6, 6.07) is 21.9. The van der Waals surface area contributed by atoms with Gasteiger partial charge in [-0.3, -0.25) is 24.2 Å². The van der Waals surface area contributed by atoms with Crippen molar-refractivity contribution in [2.24, 2.45) is 0 Å². The Bertz CT molecular complexity index is 1290. The molecule has 2 heterocycles. The Morgan fingerprint density at radius 2 is 1.82 bits per heavy atom. The third-order valence-corrected chi connectivity index (χ3v) is 7.38. The lowest BCUT2D eigenvalue weighted by Gasteiger charge is -2.33. The molecular weight excluding hydrogens is 450 g/mol. The van der Waals surface area contributed by atoms with Crippen molar-refractivity contribution < 1.29 is 19.1 Å². The van der Waals surface area contributed by atoms with Crippen LogP contribution in [-0.2, 0) is 19.3 Å². The number of carbonyl (C=O) groups is 3. The topological polar surface area (TPSA) is 79.0 Å². The molecule has 3 amide bonds. The van der Waals surface area contributed by atoms with Gasteiger partial charge in [0.15, 0.2) is 0 Å². The molecule has 0 aromatic heterocycles. The van der Waals surface area contributed by atoms with E-state index >= 15 is 0 Å². The quantitative estimate of drug-likeness (QED) is 0.608. The molecule has 172 valence electrons. The molecule has 5 rings (SSSR count). The van der Waals surface area contributed by atoms with Crippen LogP contribution in [0.4, 0.5) is 17.1 Å². The molecule has 1 atom stereocenters. The molecule has 2 aliphatic heterocycles. The summed E-state index contributed by atoms with van der Waals surface area (Å²) in [6.07, 6.45) is 0. The predicted molar refractivity (Wildman–Crippen MR) is 133 cm³/mol. The summed E-state index contributed by atoms with van der Waals surface area (Å²) in [6.45, 7) is 1.79. The van der Waals surface area contributed by atoms with Gasteiger partial charge in [0, 0.05) is 16.9 Å². The van der Waals surface area contributed by atoms with Crippen molar-refractivity contribution in [3.8, 4) is 5.75 Å². The lowest BCUT2D eigenvalue weighted by molar-refractivity contribution is -0.124. The number of anilines is 3. The first kappa shape index (κ1) is 22.0. The van der Waals surface area contributed by atoms with E-state index in [0.717, 1.165) is 5.56 Å². The molecule has 8 heteroatoms. The highest BCUT2D eigenvalue weighted by Gasteiger charge is 2.61. The molecule has 34 heavy (non-hydrogen) atoms. The number of methoxy groups -OCH3 is 1. The average molecular weight is 474 g/mol. The van der Waals surface area contributed by atoms with Crippen LogP contribution in [0.5, 0.6) is 5.75 Å². The van der Waals surface area contributed by atoms with Gasteiger partial charge in [-0.05, 0) is 55.0 Å². The van der Waals surface area contributed by atoms with Crippen LogP contribution in [0.3, 0.4) is 0 Å². The van der Waals surface area contributed by atoms with Gasteiger partial charge in [-0.15, -0.1) is 11.8 Å². The maximum absolute atomic E-state index is 14.0. The summed E-state index contributed by atoms with van der Waals surface area (Å²) in [5.41, 5.74) is 3.63. The van der Waals surface area contributed by atoms with E-state index in [0.29, 0.717) is 28.4 Å². The van der Waals surface area contributed by atoms with Gasteiger partial charge in [0.25, 0.3) is 5.91 Å². The van der Waals surface area contributed by atoms with E-state index in [-0.39, 0.29) is 30.0 Å². The van der Waals surface area contributed by atoms with Crippen molar-refractivity contribution in [3.05, 3.63) is 83.9 Å². The van der Waals surface area contributed by atoms with Crippen molar-refractivity contribution in [3.63, 3.8) is 0 Å². The fraction of sp³-hybridized carbons (Fsp3) is 0.192. The van der Waals surface area contributed by atoms with Gasteiger partial charge in [0.2, 0.25) is 16.7 Å². The minimum atomic E-state index is -1.26. The number of nitrogens with zero attached hydrogens (tertiary/aromatic N) is 2. The second-order valence-electron chi connectivity index (χ2n) is 8.19. The Balaban J connectivity index is 1.50. The molecule has 3 aromatic carbocycles. The van der Waals surface area contributed by atoms with Crippen LogP contribution in [0.1, 0.15) is 11.1 Å². The summed E-state index contributed by atoms with van der Waals surface area (Å²) in [5, 5.41) is 2.87. The van der Waals surface area contributed by atoms with Crippen LogP contribution >= 0.6 is 11.8 Å². The van der Waals surface area contributed by atoms with Crippen LogP contribution in [0.15, 0.2) is 72.8 Å². The van der Waals surface area contributed by atoms with Gasteiger partial charge in [-0.25, -0.2) is 0 Å². The van der Waals surface area contributed by atoms with Crippen LogP contribution < -0.4 is 19.9 Å². The Labute approximate surface area is 201 Å². The summed E-state index contributed by atoms with van der Waals surface area (Å²) in [4.78, 5) is 41.7. The van der Waals surface area contributed by atoms with Gasteiger partial charge < -0.3 is 10.1 Å². The molecule has 1 fully saturated rings. The molecule has 0 bridgehead atoms. The molecule has 1 N–H and O–H groups in total. The molecule has 3 aromatic rings. The summed E-state index contributed by atoms with van der Waals surface area (Å²) >= 11 is 1.28. The molecule has 0 radical (unpaired) electrons. The molecule has 0 saturated carbocycles. The molecule has 2 aliphatic rings. The number of aryl methyl sites for hydroxylation is 1. The van der Waals surface area contributed by atoms with E-state index in [1.54, 1.807) is 36.3 Å². The van der Waals surface area contributed by atoms with E-state index in [4.69, 9.17) is 4.74 Å². The van der Waals surface area contributed by atoms with Crippen molar-refractivity contribution in [2.75, 3.05) is 34.5 Å². The van der Waals surface area contributed by atoms with Gasteiger partial charge >= 0.3 is 0 Å². The van der Waals surface area contributed by atoms with Crippen molar-refractivity contribution >= 4 is 46.5 Å². The highest BCUT2D eigenvalue weighted by atomic mass is 32.2. The maximum Gasteiger partial charge on any atom is 0.269 e. The monoisotopic (exact) mass is 473 g/mol. The Kier molecular flexibility index (Phi) is 5.53. The van der Waals surface area contributed by atoms with E-state index in [1.807, 2.05) is 55.5 Å². The smallest absolute Gasteiger partial charge is 0.269 e. The van der Waals surface area contributed by atoms with Gasteiger partial charge in [-0.1, -0.05) is 30.3 Å². The van der Waals surface area contributed by atoms with Gasteiger partial charge in [0.05, 0.1) is 18.6 Å². The van der Waals surface area contributed by atoms with Gasteiger partial charge in [-0.2, -0.15) is 0 Å². The minimum absolute atomic E-state index is 0.156. The highest BCUT2D eigenvalue weighted by molar-refractivity contribution is 8.02. The zero-order valence-electron chi connectivity index (χ0n) is 18.8. The number of nitrogens with one attached hydrogen (secondary N) is 1. The van der Waals surface area contributed by atoms with Crippen molar-refractivity contribution in [1.29, 1.82) is 0 Å². The van der Waals surface area contributed by atoms with Crippen LogP contribution in [-0.4, -0.2) is 37.1 Å². The second-order valence-corrected chi connectivity index (χ2v) is 9.35. The third kappa shape index (κ3) is 3.51. The zero-order valence-corrected chi connectivity index (χ0v) is 19.6. The summed E-state index contributed by atoms with van der Waals surface area (Å²) in [7, 11) is 1.57. The minimum Gasteiger partial charge on any atom is -0.497 e. The van der Waals surface area contributed by atoms with Crippen LogP contribution in [0.2, 0.25) is 0 Å². The SMILES string of the molecule is COc1ccc(N2C(=O)CS[C@]23C(=O)N(CC(=O)Nc2cccc(C)c2)c2ccccc23)cc1. The van der Waals surface area contributed by atoms with Crippen molar-refractivity contribution in [1.82, 2.24) is 0 Å². The first-order valence-corrected chi connectivity index (χ1v) is 11.8. The summed E-state index contributed by atoms with van der Waals surface area (Å²) < 4.78 is 5.24. The normalized spacial score (nSPS) is 19.0. The van der Waals surface area contributed by atoms with E-state index < -0.39 is 4.87 Å². The number of hydrogen-bond donors (Lipinski definition) is 1. The van der Waals surface area contributed by atoms with Crippen LogP contribution in [0.25, 0.3) is 0 Å². The molecule has 1 saturated heterocycles. The number of thioether (sulfide) groups is 1. The number of rotatable bonds is 5. The number of carbonyl (C=O) groups excluding carboxylic acids is 3. The first-order valence-electron chi connectivity index (χ1n) is 10.8. The third-order valence-electron chi connectivity index (χ3n) is 6.00. The molecule has 7 nitrogen and oxygen atoms in total. The molecule has 1 spiro atoms. The lowest BCUT2D eigenvalue weighted by Crippen LogP contribution is -2.50. The fourth-order valence-electron chi connectivity index (χ4n) is 4.51. The predicted octanol–water partition coefficient (Wildman–Crippen LogP) is 3.92. The molecular formula is C26H23N3O4S. The molecule has 0 unspecified atom stereocenters. The number of hydrogen-bond acceptors (Lipinski definition) is 5. The maximum atomic E-state index is 14.0. The fourth-order valence-corrected chi connectivity index (χ4v) is 5.87. The van der Waals surface area contributed by atoms with E-state index in [9.17, 15) is 14.4 Å². The zero-order chi connectivity index (χ0) is 23.9. The number of para-hydroxylation sites is 1. The second kappa shape index (κ2) is 8.53. The first-order chi connectivity index (χ1) is 16.4. The Morgan fingerprint density at radius 1 is 1.06 bits per heavy atom. The Morgan fingerprint density at radius 3 is 2.56 bits per heavy atom. The van der Waals surface area contributed by atoms with E-state index in [2.05, 4.69) is 5.32 Å². The van der Waals surface area contributed by atoms with Crippen LogP contribution in [0, 0.1) is 6.92 Å². The summed E-state index contributed by atoms with van der Waals surface area (Å²) in [5.74, 6) is 0.0417. The number of ether oxygens (including phenoxy) is 1. The number of amides is 3. The van der Waals surface area contributed by atoms with Gasteiger partial charge in [0.1, 0.15) is 12.3 Å². The van der Waals surface area contributed by atoms with E-state index in [1.165, 1.54) is 16.7 Å². The average Bonchev–Trinajstić information content (AvgIpc) is 3.30. The molecule has 0 aliphatic carbocycles. The Hall–Kier alpha value is -3.78. The lowest BCUT2D eigenvalue weighted by atomic mass is 10.0. The number of benzene rings is 3. The number of fused-ring (bicyclic) bond motifs is 2. The highest BCUT2D eigenvalue weighted by Crippen LogP contribution is 2.55. The van der Waals surface area contributed by atoms with Crippen molar-refractivity contribution in [2.45, 2.75) is 11.8 Å². The standard InChI is InChI=1S/C26H23N3O4S/c1-17-6-5-7-18(14-17)27-23(30)15-28-22-9-4-3-8-21(22)26(25(28)32)29(24(31)16-34-26)19-10-12-20(33-2)13-11-19/h3-14H,15-16H2,1-2H3,(H,27,30)/t26-/m1/s1. The largest absolute Gasteiger partial charge is 0.497 e.